The summed E-state index contributed by atoms with van der Waals surface area (Å²) in [7, 11) is 1.67. The van der Waals surface area contributed by atoms with Gasteiger partial charge in [0.05, 0.1) is 13.4 Å². The molecular formula is C12H15NO2. The summed E-state index contributed by atoms with van der Waals surface area (Å²) in [6.45, 7) is 3.87. The normalized spacial score (nSPS) is 10.8. The number of hydrogen-bond acceptors (Lipinski definition) is 3. The number of ether oxygens (including phenoxy) is 1. The van der Waals surface area contributed by atoms with Crippen molar-refractivity contribution in [2.75, 3.05) is 13.7 Å². The van der Waals surface area contributed by atoms with Crippen LogP contribution in [0.2, 0.25) is 0 Å². The highest BCUT2D eigenvalue weighted by Gasteiger charge is 2.06. The number of methoxy groups -OCH3 is 1. The first-order valence-corrected chi connectivity index (χ1v) is 5.10. The Morgan fingerprint density at radius 2 is 2.27 bits per heavy atom. The highest BCUT2D eigenvalue weighted by Crippen LogP contribution is 2.25. The van der Waals surface area contributed by atoms with E-state index in [-0.39, 0.29) is 0 Å². The van der Waals surface area contributed by atoms with Gasteiger partial charge in [-0.1, -0.05) is 6.92 Å². The van der Waals surface area contributed by atoms with Gasteiger partial charge >= 0.3 is 0 Å². The number of furan rings is 1. The molecule has 0 atom stereocenters. The maximum Gasteiger partial charge on any atom is 0.134 e. The molecule has 0 aliphatic heterocycles. The van der Waals surface area contributed by atoms with Crippen LogP contribution in [0.4, 0.5) is 0 Å². The second-order valence-electron chi connectivity index (χ2n) is 3.40. The van der Waals surface area contributed by atoms with Gasteiger partial charge in [-0.15, -0.1) is 0 Å². The van der Waals surface area contributed by atoms with Crippen LogP contribution >= 0.6 is 0 Å². The van der Waals surface area contributed by atoms with Crippen molar-refractivity contribution in [3.63, 3.8) is 0 Å². The van der Waals surface area contributed by atoms with Crippen molar-refractivity contribution in [2.45, 2.75) is 13.5 Å². The van der Waals surface area contributed by atoms with Crippen molar-refractivity contribution in [3.8, 4) is 5.75 Å². The molecule has 0 fully saturated rings. The Hall–Kier alpha value is -1.48. The third-order valence-electron chi connectivity index (χ3n) is 2.43. The maximum atomic E-state index is 5.45. The quantitative estimate of drug-likeness (QED) is 0.833. The van der Waals surface area contributed by atoms with Gasteiger partial charge in [0.25, 0.3) is 0 Å². The van der Waals surface area contributed by atoms with Gasteiger partial charge in [0.2, 0.25) is 0 Å². The first-order chi connectivity index (χ1) is 7.35. The Bertz CT molecular complexity index is 448. The lowest BCUT2D eigenvalue weighted by Gasteiger charge is -2.01. The summed E-state index contributed by atoms with van der Waals surface area (Å²) in [6, 6.07) is 5.85. The fourth-order valence-electron chi connectivity index (χ4n) is 1.58. The standard InChI is InChI=1S/C12H15NO2/c1-3-13-7-9-8-15-12-5-4-10(14-2)6-11(9)12/h4-6,8,13H,3,7H2,1-2H3. The Morgan fingerprint density at radius 3 is 3.00 bits per heavy atom. The Kier molecular flexibility index (Phi) is 2.92. The monoisotopic (exact) mass is 205 g/mol. The zero-order valence-electron chi connectivity index (χ0n) is 9.04. The van der Waals surface area contributed by atoms with E-state index in [1.165, 1.54) is 5.56 Å². The Balaban J connectivity index is 2.38. The van der Waals surface area contributed by atoms with Gasteiger partial charge in [-0.25, -0.2) is 0 Å². The highest BCUT2D eigenvalue weighted by molar-refractivity contribution is 5.82. The predicted molar refractivity (Wildman–Crippen MR) is 60.1 cm³/mol. The second kappa shape index (κ2) is 4.36. The van der Waals surface area contributed by atoms with E-state index in [0.29, 0.717) is 0 Å². The fraction of sp³-hybridized carbons (Fsp3) is 0.333. The van der Waals surface area contributed by atoms with Crippen molar-refractivity contribution in [1.29, 1.82) is 0 Å². The summed E-state index contributed by atoms with van der Waals surface area (Å²) in [5, 5.41) is 4.40. The van der Waals surface area contributed by atoms with Crippen LogP contribution in [0.3, 0.4) is 0 Å². The van der Waals surface area contributed by atoms with Gasteiger partial charge in [0.15, 0.2) is 0 Å². The van der Waals surface area contributed by atoms with Gasteiger partial charge in [-0.05, 0) is 24.7 Å². The number of benzene rings is 1. The number of fused-ring (bicyclic) bond motifs is 1. The predicted octanol–water partition coefficient (Wildman–Crippen LogP) is 2.55. The molecule has 3 nitrogen and oxygen atoms in total. The minimum Gasteiger partial charge on any atom is -0.497 e. The van der Waals surface area contributed by atoms with E-state index in [1.807, 2.05) is 18.2 Å². The smallest absolute Gasteiger partial charge is 0.134 e. The molecular weight excluding hydrogens is 190 g/mol. The van der Waals surface area contributed by atoms with Crippen molar-refractivity contribution < 1.29 is 9.15 Å². The van der Waals surface area contributed by atoms with Crippen LogP contribution < -0.4 is 10.1 Å². The van der Waals surface area contributed by atoms with E-state index in [0.717, 1.165) is 29.8 Å². The van der Waals surface area contributed by atoms with Crippen LogP contribution in [0.25, 0.3) is 11.0 Å². The van der Waals surface area contributed by atoms with Crippen LogP contribution in [-0.4, -0.2) is 13.7 Å². The molecule has 3 heteroatoms. The van der Waals surface area contributed by atoms with Crippen molar-refractivity contribution >= 4 is 11.0 Å². The van der Waals surface area contributed by atoms with Crippen molar-refractivity contribution in [3.05, 3.63) is 30.0 Å². The van der Waals surface area contributed by atoms with Gasteiger partial charge in [-0.2, -0.15) is 0 Å². The lowest BCUT2D eigenvalue weighted by atomic mass is 10.1. The summed E-state index contributed by atoms with van der Waals surface area (Å²) >= 11 is 0. The van der Waals surface area contributed by atoms with E-state index in [2.05, 4.69) is 12.2 Å². The molecule has 2 rings (SSSR count). The topological polar surface area (TPSA) is 34.4 Å². The lowest BCUT2D eigenvalue weighted by Crippen LogP contribution is -2.11. The molecule has 0 saturated heterocycles. The lowest BCUT2D eigenvalue weighted by molar-refractivity contribution is 0.415. The molecule has 0 radical (unpaired) electrons. The van der Waals surface area contributed by atoms with Gasteiger partial charge in [-0.3, -0.25) is 0 Å². The Morgan fingerprint density at radius 1 is 1.40 bits per heavy atom. The van der Waals surface area contributed by atoms with E-state index < -0.39 is 0 Å². The average Bonchev–Trinajstić information content (AvgIpc) is 2.68. The first-order valence-electron chi connectivity index (χ1n) is 5.10. The molecule has 0 aliphatic rings. The zero-order chi connectivity index (χ0) is 10.7. The molecule has 1 aromatic heterocycles. The van der Waals surface area contributed by atoms with Crippen LogP contribution in [0.15, 0.2) is 28.9 Å². The molecule has 15 heavy (non-hydrogen) atoms. The van der Waals surface area contributed by atoms with Crippen molar-refractivity contribution in [2.24, 2.45) is 0 Å². The molecule has 2 aromatic rings. The molecule has 0 spiro atoms. The first kappa shape index (κ1) is 10.1. The number of nitrogens with one attached hydrogen (secondary N) is 1. The summed E-state index contributed by atoms with van der Waals surface area (Å²) < 4.78 is 10.6. The van der Waals surface area contributed by atoms with Gasteiger partial charge in [0.1, 0.15) is 11.3 Å². The van der Waals surface area contributed by atoms with Crippen LogP contribution in [-0.2, 0) is 6.54 Å². The van der Waals surface area contributed by atoms with Gasteiger partial charge in [0, 0.05) is 17.5 Å². The van der Waals surface area contributed by atoms with Crippen LogP contribution in [0.5, 0.6) is 5.75 Å². The zero-order valence-corrected chi connectivity index (χ0v) is 9.04. The molecule has 0 amide bonds. The second-order valence-corrected chi connectivity index (χ2v) is 3.40. The fourth-order valence-corrected chi connectivity index (χ4v) is 1.58. The minimum absolute atomic E-state index is 0.830. The molecule has 80 valence electrons. The van der Waals surface area contributed by atoms with E-state index >= 15 is 0 Å². The SMILES string of the molecule is CCNCc1coc2ccc(OC)cc12. The average molecular weight is 205 g/mol. The molecule has 0 bridgehead atoms. The maximum absolute atomic E-state index is 5.45. The van der Waals surface area contributed by atoms with Crippen LogP contribution in [0, 0.1) is 0 Å². The summed E-state index contributed by atoms with van der Waals surface area (Å²) in [6.07, 6.45) is 1.80. The third kappa shape index (κ3) is 1.97. The summed E-state index contributed by atoms with van der Waals surface area (Å²) in [5.74, 6) is 0.863. The van der Waals surface area contributed by atoms with Gasteiger partial charge < -0.3 is 14.5 Å². The highest BCUT2D eigenvalue weighted by atomic mass is 16.5. The van der Waals surface area contributed by atoms with E-state index in [9.17, 15) is 0 Å². The van der Waals surface area contributed by atoms with Crippen LogP contribution in [0.1, 0.15) is 12.5 Å². The molecule has 0 aliphatic carbocycles. The molecule has 0 saturated carbocycles. The molecule has 1 aromatic carbocycles. The molecule has 1 heterocycles. The van der Waals surface area contributed by atoms with E-state index in [1.54, 1.807) is 13.4 Å². The Labute approximate surface area is 89.0 Å². The number of hydrogen-bond donors (Lipinski definition) is 1. The molecule has 0 unspecified atom stereocenters. The molecule has 1 N–H and O–H groups in total. The minimum atomic E-state index is 0.830. The summed E-state index contributed by atoms with van der Waals surface area (Å²) in [5.41, 5.74) is 2.08. The van der Waals surface area contributed by atoms with Crippen molar-refractivity contribution in [1.82, 2.24) is 5.32 Å². The largest absolute Gasteiger partial charge is 0.497 e. The third-order valence-corrected chi connectivity index (χ3v) is 2.43. The summed E-state index contributed by atoms with van der Waals surface area (Å²) in [4.78, 5) is 0. The van der Waals surface area contributed by atoms with E-state index in [4.69, 9.17) is 9.15 Å². The number of rotatable bonds is 4.